The minimum Gasteiger partial charge on any atom is -0.436 e. The summed E-state index contributed by atoms with van der Waals surface area (Å²) in [6, 6.07) is 124. The molecule has 21 nitrogen and oxygen atoms in total. The van der Waals surface area contributed by atoms with Gasteiger partial charge in [-0.15, -0.1) is 179 Å². The van der Waals surface area contributed by atoms with Crippen molar-refractivity contribution in [3.8, 4) is 67.5 Å². The van der Waals surface area contributed by atoms with E-state index in [0.717, 1.165) is 189 Å². The molecule has 0 unspecified atom stereocenters. The smallest absolute Gasteiger partial charge is 0.436 e. The van der Waals surface area contributed by atoms with Crippen LogP contribution in [0.1, 0.15) is 26.9 Å². The van der Waals surface area contributed by atoms with Crippen LogP contribution in [0.25, 0.3) is 200 Å². The molecule has 0 aliphatic rings. The van der Waals surface area contributed by atoms with Crippen molar-refractivity contribution in [3.63, 3.8) is 0 Å². The van der Waals surface area contributed by atoms with E-state index < -0.39 is 6.85 Å². The van der Waals surface area contributed by atoms with Crippen LogP contribution in [0.4, 0.5) is 51.2 Å². The van der Waals surface area contributed by atoms with Crippen LogP contribution in [0.2, 0.25) is 0 Å². The number of benzene rings is 9. The number of rotatable bonds is 15. The zero-order valence-electron chi connectivity index (χ0n) is 78.2. The molecular formula is C118H71N15O6Pt3. The van der Waals surface area contributed by atoms with Gasteiger partial charge in [0.25, 0.3) is 0 Å². The normalized spacial score (nSPS) is 11.8. The fourth-order valence-corrected chi connectivity index (χ4v) is 17.8. The maximum Gasteiger partial charge on any atom is 2.00 e. The van der Waals surface area contributed by atoms with E-state index in [1.807, 2.05) is 294 Å². The summed E-state index contributed by atoms with van der Waals surface area (Å²) in [6.45, 7) is 3.52. The van der Waals surface area contributed by atoms with Crippen molar-refractivity contribution >= 4 is 184 Å². The Hall–Kier alpha value is -17.0. The summed E-state index contributed by atoms with van der Waals surface area (Å²) < 4.78 is 58.8. The summed E-state index contributed by atoms with van der Waals surface area (Å²) in [6.07, 6.45) is 13.9. The molecule has 9 aromatic carbocycles. The summed E-state index contributed by atoms with van der Waals surface area (Å²) >= 11 is 0. The van der Waals surface area contributed by atoms with Crippen LogP contribution in [0, 0.1) is 64.0 Å². The molecule has 18 heterocycles. The monoisotopic (exact) mass is 2380 g/mol. The van der Waals surface area contributed by atoms with Gasteiger partial charge in [-0.1, -0.05) is 91.0 Å². The molecule has 684 valence electrons. The van der Waals surface area contributed by atoms with E-state index in [2.05, 4.69) is 110 Å². The topological polar surface area (TPSA) is 243 Å². The maximum atomic E-state index is 7.72. The minimum atomic E-state index is -2.33. The molecule has 0 atom stereocenters. The van der Waals surface area contributed by atoms with E-state index in [1.54, 1.807) is 55.6 Å². The van der Waals surface area contributed by atoms with Gasteiger partial charge in [0.05, 0.1) is 37.2 Å². The van der Waals surface area contributed by atoms with Crippen LogP contribution in [0.3, 0.4) is 0 Å². The van der Waals surface area contributed by atoms with E-state index >= 15 is 0 Å². The van der Waals surface area contributed by atoms with Crippen LogP contribution in [0.15, 0.2) is 385 Å². The molecular weight excluding hydrogens is 2310 g/mol. The van der Waals surface area contributed by atoms with Crippen LogP contribution in [0.5, 0.6) is 0 Å². The van der Waals surface area contributed by atoms with Gasteiger partial charge in [-0.3, -0.25) is 0 Å². The zero-order chi connectivity index (χ0) is 95.2. The van der Waals surface area contributed by atoms with Crippen molar-refractivity contribution < 1.29 is 93.8 Å². The predicted octanol–water partition coefficient (Wildman–Crippen LogP) is 29.6. The van der Waals surface area contributed by atoms with Crippen molar-refractivity contribution in [1.29, 1.82) is 0 Å². The van der Waals surface area contributed by atoms with Crippen LogP contribution < -0.4 is 14.7 Å². The molecule has 24 heteroatoms. The Kier molecular flexibility index (Phi) is 23.2. The molecule has 0 radical (unpaired) electrons. The second-order valence-electron chi connectivity index (χ2n) is 33.4. The number of furan rings is 6. The van der Waals surface area contributed by atoms with E-state index in [0.29, 0.717) is 73.1 Å². The molecule has 0 saturated carbocycles. The third kappa shape index (κ3) is 17.1. The summed E-state index contributed by atoms with van der Waals surface area (Å²) in [4.78, 5) is 61.3. The second kappa shape index (κ2) is 38.1. The molecule has 27 aromatic rings. The van der Waals surface area contributed by atoms with E-state index in [-0.39, 0.29) is 74.6 Å². The Labute approximate surface area is 858 Å². The van der Waals surface area contributed by atoms with Crippen molar-refractivity contribution in [3.05, 3.63) is 418 Å². The Morgan fingerprint density at radius 1 is 0.211 bits per heavy atom. The maximum absolute atomic E-state index is 7.72. The molecule has 0 fully saturated rings. The molecule has 0 amide bonds. The van der Waals surface area contributed by atoms with Crippen LogP contribution in [-0.4, -0.2) is 59.8 Å². The standard InChI is InChI=1S/2C40H25N5O2.C38H21N5O2.3Pt/c2*1-24-14-16-31-33-20-35(41-22-37(33)46-39(31)43-24)26-8-6-12-29(18-26)45(28-10-4-3-5-11-28)30-13-7-9-27(19-30)36-21-34-32-17-15-25(2)44-40(32)47-38(34)23-42-36;1-2-10-26(11-3-1)43(27-12-4-8-24(18-27)33-20-31-29-14-6-16-39-37(29)44-35(31)22-41-33)28-13-5-9-25(19-28)34-21-32-30-15-7-17-40-38(30)45-36(32)23-42-34;;;/h2*3-17,20-23H,1-2H3;1-17,20-23H;;;/q3*-2;3*+2/i1D3;;;;;. The first-order valence-electron chi connectivity index (χ1n) is 46.3. The van der Waals surface area contributed by atoms with Gasteiger partial charge < -0.3 is 71.1 Å². The first kappa shape index (κ1) is 86.6. The number of pyridine rings is 12. The number of para-hydroxylation sites is 3. The van der Waals surface area contributed by atoms with Crippen molar-refractivity contribution in [2.75, 3.05) is 14.7 Å². The summed E-state index contributed by atoms with van der Waals surface area (Å²) in [5.41, 5.74) is 27.5. The summed E-state index contributed by atoms with van der Waals surface area (Å²) in [5.74, 6) is 0. The van der Waals surface area contributed by atoms with Crippen molar-refractivity contribution in [1.82, 2.24) is 59.8 Å². The number of hydrogen-bond acceptors (Lipinski definition) is 21. The molecule has 0 saturated heterocycles. The molecule has 0 aliphatic carbocycles. The number of hydrogen-bond donors (Lipinski definition) is 0. The Morgan fingerprint density at radius 2 is 0.430 bits per heavy atom. The van der Waals surface area contributed by atoms with Gasteiger partial charge in [-0.2, -0.15) is 0 Å². The molecule has 0 aliphatic heterocycles. The Bertz CT molecular complexity index is 9320. The fourth-order valence-electron chi connectivity index (χ4n) is 17.8. The molecule has 18 aromatic heterocycles. The van der Waals surface area contributed by atoms with Crippen LogP contribution >= 0.6 is 0 Å². The van der Waals surface area contributed by atoms with Gasteiger partial charge in [0, 0.05) is 121 Å². The summed E-state index contributed by atoms with van der Waals surface area (Å²) in [5, 5.41) is 11.1. The molecule has 0 N–H and O–H groups in total. The summed E-state index contributed by atoms with van der Waals surface area (Å²) in [7, 11) is 0. The Balaban J connectivity index is 0.000000123. The zero-order valence-corrected chi connectivity index (χ0v) is 82.0. The van der Waals surface area contributed by atoms with Gasteiger partial charge in [0.1, 0.15) is 0 Å². The van der Waals surface area contributed by atoms with Gasteiger partial charge in [-0.25, -0.2) is 29.9 Å². The van der Waals surface area contributed by atoms with Crippen molar-refractivity contribution in [2.45, 2.75) is 27.6 Å². The second-order valence-corrected chi connectivity index (χ2v) is 33.4. The molecule has 142 heavy (non-hydrogen) atoms. The number of fused-ring (bicyclic) bond motifs is 18. The SMILES string of the molecule is Cc1ccc2c(n1)oc1cnc(-c3[c-]c(N(c4[c-]c(-c5cc6c(cn5)oc5nc(C)ccc56)ccc4)c4ccccc4)ccc3)cc12.[2H]C([2H])([2H])c1ccc2c(n1)oc1cnc(-c3[c-]c(N(c4[c-]c(-c5cc6c(cn5)oc5nc(C)ccc56)ccc4)c4ccccc4)ccc3)cc12.[Pt+2].[Pt+2].[Pt+2].[c-]1c(-c2cc3c(cn2)oc2ncccc23)cccc1N(c1[c-]c(-c2cc3c(cn2)oc2ncccc23)ccc1)c1ccccc1. The number of nitrogens with zero attached hydrogens (tertiary/aromatic N) is 15. The number of aromatic nitrogens is 12. The quantitative estimate of drug-likeness (QED) is 0.0866. The number of anilines is 9. The Morgan fingerprint density at radius 3 is 0.669 bits per heavy atom. The largest absolute Gasteiger partial charge is 2.00 e. The van der Waals surface area contributed by atoms with E-state index in [9.17, 15) is 0 Å². The van der Waals surface area contributed by atoms with Gasteiger partial charge in [-0.05, 0) is 205 Å². The van der Waals surface area contributed by atoms with Gasteiger partial charge >= 0.3 is 63.2 Å². The van der Waals surface area contributed by atoms with Gasteiger partial charge in [0.2, 0.25) is 34.3 Å². The van der Waals surface area contributed by atoms with E-state index in [1.165, 1.54) is 6.07 Å². The average molecular weight is 2380 g/mol. The number of aryl methyl sites for hydroxylation is 4. The first-order valence-corrected chi connectivity index (χ1v) is 44.8. The minimum absolute atomic E-state index is 0. The van der Waals surface area contributed by atoms with Gasteiger partial charge in [0.15, 0.2) is 33.5 Å². The third-order valence-electron chi connectivity index (χ3n) is 24.4. The third-order valence-corrected chi connectivity index (χ3v) is 24.4. The molecule has 27 rings (SSSR count). The van der Waals surface area contributed by atoms with Crippen molar-refractivity contribution in [2.24, 2.45) is 0 Å². The molecule has 0 bridgehead atoms. The predicted molar refractivity (Wildman–Crippen MR) is 545 cm³/mol. The molecule has 0 spiro atoms. The van der Waals surface area contributed by atoms with Crippen LogP contribution in [-0.2, 0) is 63.2 Å². The van der Waals surface area contributed by atoms with E-state index in [4.69, 9.17) is 55.5 Å². The first-order chi connectivity index (χ1) is 69.6. The average Bonchev–Trinajstić information content (AvgIpc) is 1.03. The fraction of sp³-hybridized carbons (Fsp3) is 0.0339.